The summed E-state index contributed by atoms with van der Waals surface area (Å²) in [6.45, 7) is 0. The zero-order valence-corrected chi connectivity index (χ0v) is 8.90. The van der Waals surface area contributed by atoms with E-state index in [0.717, 1.165) is 0 Å². The molecular formula is C12H8FNO3. The van der Waals surface area contributed by atoms with Crippen LogP contribution in [-0.2, 0) is 7.05 Å². The minimum Gasteiger partial charge on any atom is -0.477 e. The molecule has 2 aromatic heterocycles. The van der Waals surface area contributed by atoms with Crippen LogP contribution < -0.4 is 0 Å². The van der Waals surface area contributed by atoms with Gasteiger partial charge in [0, 0.05) is 17.8 Å². The van der Waals surface area contributed by atoms with E-state index in [4.69, 9.17) is 9.52 Å². The Hall–Kier alpha value is -2.30. The molecule has 0 unspecified atom stereocenters. The summed E-state index contributed by atoms with van der Waals surface area (Å²) in [5.74, 6) is -1.41. The number of hydrogen-bond acceptors (Lipinski definition) is 2. The minimum absolute atomic E-state index is 0.116. The normalized spacial score (nSPS) is 11.4. The van der Waals surface area contributed by atoms with Gasteiger partial charge in [0.2, 0.25) is 5.71 Å². The summed E-state index contributed by atoms with van der Waals surface area (Å²) >= 11 is 0. The van der Waals surface area contributed by atoms with Crippen LogP contribution in [0.25, 0.3) is 22.1 Å². The second kappa shape index (κ2) is 3.10. The quantitative estimate of drug-likeness (QED) is 0.703. The molecule has 3 rings (SSSR count). The number of carbonyl (C=O) groups is 1. The highest BCUT2D eigenvalue weighted by molar-refractivity contribution is 6.07. The van der Waals surface area contributed by atoms with E-state index in [1.54, 1.807) is 7.05 Å². The molecule has 17 heavy (non-hydrogen) atoms. The molecule has 1 N–H and O–H groups in total. The van der Waals surface area contributed by atoms with Crippen molar-refractivity contribution >= 4 is 28.0 Å². The number of aromatic nitrogens is 1. The summed E-state index contributed by atoms with van der Waals surface area (Å²) in [5.41, 5.74) is 1.09. The van der Waals surface area contributed by atoms with Crippen molar-refractivity contribution in [2.45, 2.75) is 0 Å². The summed E-state index contributed by atoms with van der Waals surface area (Å²) in [5, 5.41) is 10.2. The Morgan fingerprint density at radius 3 is 2.82 bits per heavy atom. The van der Waals surface area contributed by atoms with Gasteiger partial charge in [-0.1, -0.05) is 0 Å². The van der Waals surface area contributed by atoms with E-state index in [1.165, 1.54) is 28.8 Å². The lowest BCUT2D eigenvalue weighted by Crippen LogP contribution is -2.03. The number of furan rings is 1. The third kappa shape index (κ3) is 1.25. The first-order valence-corrected chi connectivity index (χ1v) is 4.98. The third-order valence-electron chi connectivity index (χ3n) is 2.83. The molecule has 0 radical (unpaired) electrons. The van der Waals surface area contributed by atoms with Crippen molar-refractivity contribution < 1.29 is 18.7 Å². The van der Waals surface area contributed by atoms with Crippen LogP contribution in [0, 0.1) is 5.82 Å². The largest absolute Gasteiger partial charge is 0.477 e. The maximum atomic E-state index is 13.1. The molecule has 0 bridgehead atoms. The topological polar surface area (TPSA) is 55.4 Å². The van der Waals surface area contributed by atoms with Crippen LogP contribution in [0.1, 0.15) is 10.5 Å². The first kappa shape index (κ1) is 9.89. The fraction of sp³-hybridized carbons (Fsp3) is 0.0833. The van der Waals surface area contributed by atoms with E-state index >= 15 is 0 Å². The highest BCUT2D eigenvalue weighted by Gasteiger charge is 2.17. The number of halogens is 1. The van der Waals surface area contributed by atoms with Crippen molar-refractivity contribution in [2.75, 3.05) is 0 Å². The monoisotopic (exact) mass is 233 g/mol. The average Bonchev–Trinajstić information content (AvgIpc) is 2.77. The summed E-state index contributed by atoms with van der Waals surface area (Å²) in [4.78, 5) is 11.0. The minimum atomic E-state index is -1.04. The van der Waals surface area contributed by atoms with Crippen molar-refractivity contribution in [2.24, 2.45) is 7.05 Å². The Balaban J connectivity index is 2.47. The standard InChI is InChI=1S/C12H8FNO3/c1-14-9(12(15)16)5-8-7-4-6(13)2-3-10(7)17-11(8)14/h2-5H,1H3,(H,15,16). The molecule has 0 spiro atoms. The van der Waals surface area contributed by atoms with Crippen LogP contribution in [0.2, 0.25) is 0 Å². The molecule has 0 saturated carbocycles. The Morgan fingerprint density at radius 2 is 2.12 bits per heavy atom. The van der Waals surface area contributed by atoms with Crippen LogP contribution in [-0.4, -0.2) is 15.6 Å². The van der Waals surface area contributed by atoms with Gasteiger partial charge in [-0.2, -0.15) is 0 Å². The van der Waals surface area contributed by atoms with Crippen molar-refractivity contribution in [3.05, 3.63) is 35.8 Å². The highest BCUT2D eigenvalue weighted by atomic mass is 19.1. The van der Waals surface area contributed by atoms with Gasteiger partial charge >= 0.3 is 5.97 Å². The lowest BCUT2D eigenvalue weighted by molar-refractivity contribution is 0.0686. The Bertz CT molecular complexity index is 754. The molecule has 0 amide bonds. The summed E-state index contributed by atoms with van der Waals surface area (Å²) < 4.78 is 20.1. The number of aromatic carboxylic acids is 1. The van der Waals surface area contributed by atoms with Crippen LogP contribution in [0.5, 0.6) is 0 Å². The number of carboxylic acid groups (broad SMARTS) is 1. The first-order valence-electron chi connectivity index (χ1n) is 4.98. The molecular weight excluding hydrogens is 225 g/mol. The van der Waals surface area contributed by atoms with Gasteiger partial charge in [-0.25, -0.2) is 9.18 Å². The molecule has 0 fully saturated rings. The highest BCUT2D eigenvalue weighted by Crippen LogP contribution is 2.31. The first-order chi connectivity index (χ1) is 8.08. The van der Waals surface area contributed by atoms with E-state index in [-0.39, 0.29) is 11.5 Å². The number of fused-ring (bicyclic) bond motifs is 3. The maximum Gasteiger partial charge on any atom is 0.352 e. The van der Waals surface area contributed by atoms with Gasteiger partial charge in [0.25, 0.3) is 0 Å². The molecule has 0 aliphatic rings. The van der Waals surface area contributed by atoms with Crippen LogP contribution >= 0.6 is 0 Å². The fourth-order valence-corrected chi connectivity index (χ4v) is 2.01. The second-order valence-corrected chi connectivity index (χ2v) is 3.86. The molecule has 2 heterocycles. The molecule has 5 heteroatoms. The van der Waals surface area contributed by atoms with E-state index in [0.29, 0.717) is 22.1 Å². The van der Waals surface area contributed by atoms with Gasteiger partial charge in [-0.3, -0.25) is 0 Å². The summed E-state index contributed by atoms with van der Waals surface area (Å²) in [6.07, 6.45) is 0. The average molecular weight is 233 g/mol. The number of aryl methyl sites for hydroxylation is 1. The van der Waals surface area contributed by atoms with E-state index in [1.807, 2.05) is 0 Å². The molecule has 4 nitrogen and oxygen atoms in total. The summed E-state index contributed by atoms with van der Waals surface area (Å²) in [7, 11) is 1.60. The lowest BCUT2D eigenvalue weighted by atomic mass is 10.2. The zero-order chi connectivity index (χ0) is 12.2. The van der Waals surface area contributed by atoms with E-state index in [9.17, 15) is 9.18 Å². The predicted molar refractivity (Wildman–Crippen MR) is 59.6 cm³/mol. The molecule has 86 valence electrons. The molecule has 0 aliphatic carbocycles. The number of rotatable bonds is 1. The van der Waals surface area contributed by atoms with Crippen LogP contribution in [0.4, 0.5) is 4.39 Å². The smallest absolute Gasteiger partial charge is 0.352 e. The third-order valence-corrected chi connectivity index (χ3v) is 2.83. The molecule has 0 atom stereocenters. The van der Waals surface area contributed by atoms with Gasteiger partial charge in [-0.05, 0) is 24.3 Å². The molecule has 1 aromatic carbocycles. The number of nitrogens with zero attached hydrogens (tertiary/aromatic N) is 1. The zero-order valence-electron chi connectivity index (χ0n) is 8.90. The number of hydrogen-bond donors (Lipinski definition) is 1. The SMILES string of the molecule is Cn1c(C(=O)O)cc2c3cc(F)ccc3oc21. The Morgan fingerprint density at radius 1 is 1.35 bits per heavy atom. The Kier molecular flexibility index (Phi) is 1.80. The van der Waals surface area contributed by atoms with Gasteiger partial charge in [0.1, 0.15) is 17.1 Å². The van der Waals surface area contributed by atoms with Crippen molar-refractivity contribution in [1.82, 2.24) is 4.57 Å². The van der Waals surface area contributed by atoms with Crippen LogP contribution in [0.15, 0.2) is 28.7 Å². The van der Waals surface area contributed by atoms with Crippen molar-refractivity contribution in [3.63, 3.8) is 0 Å². The second-order valence-electron chi connectivity index (χ2n) is 3.86. The molecule has 0 saturated heterocycles. The molecule has 0 aliphatic heterocycles. The van der Waals surface area contributed by atoms with Crippen LogP contribution in [0.3, 0.4) is 0 Å². The summed E-state index contributed by atoms with van der Waals surface area (Å²) in [6, 6.07) is 5.67. The number of carboxylic acids is 1. The maximum absolute atomic E-state index is 13.1. The van der Waals surface area contributed by atoms with E-state index < -0.39 is 5.97 Å². The lowest BCUT2D eigenvalue weighted by Gasteiger charge is -1.95. The number of benzene rings is 1. The molecule has 3 aromatic rings. The van der Waals surface area contributed by atoms with Crippen molar-refractivity contribution in [1.29, 1.82) is 0 Å². The van der Waals surface area contributed by atoms with Gasteiger partial charge in [0.15, 0.2) is 0 Å². The fourth-order valence-electron chi connectivity index (χ4n) is 2.01. The van der Waals surface area contributed by atoms with Gasteiger partial charge in [0.05, 0.1) is 0 Å². The van der Waals surface area contributed by atoms with Gasteiger partial charge in [-0.15, -0.1) is 0 Å². The predicted octanol–water partition coefficient (Wildman–Crippen LogP) is 2.76. The van der Waals surface area contributed by atoms with Crippen molar-refractivity contribution in [3.8, 4) is 0 Å². The van der Waals surface area contributed by atoms with E-state index in [2.05, 4.69) is 0 Å². The van der Waals surface area contributed by atoms with Gasteiger partial charge < -0.3 is 14.1 Å². The Labute approximate surface area is 94.9 Å².